The molecule has 0 aromatic heterocycles. The third kappa shape index (κ3) is 16.2. The number of benzene rings is 3. The highest BCUT2D eigenvalue weighted by atomic mass is 16.5. The highest BCUT2D eigenvalue weighted by molar-refractivity contribution is 6.00. The summed E-state index contributed by atoms with van der Waals surface area (Å²) in [6, 6.07) is 13.4. The van der Waals surface area contributed by atoms with Gasteiger partial charge in [0.25, 0.3) is 5.91 Å². The normalized spacial score (nSPS) is 24.8. The minimum absolute atomic E-state index is 0.00716. The summed E-state index contributed by atoms with van der Waals surface area (Å²) in [5, 5.41) is 45.3. The van der Waals surface area contributed by atoms with Crippen molar-refractivity contribution in [3.8, 4) is 5.75 Å². The van der Waals surface area contributed by atoms with E-state index in [0.29, 0.717) is 24.2 Å². The third-order valence-corrected chi connectivity index (χ3v) is 15.5. The first-order chi connectivity index (χ1) is 38.0. The van der Waals surface area contributed by atoms with E-state index in [2.05, 4.69) is 55.4 Å². The van der Waals surface area contributed by atoms with E-state index >= 15 is 0 Å². The lowest BCUT2D eigenvalue weighted by Gasteiger charge is -2.37. The van der Waals surface area contributed by atoms with E-state index in [0.717, 1.165) is 49.7 Å². The molecule has 0 bridgehead atoms. The molecule has 4 aliphatic rings. The minimum atomic E-state index is -1.56. The Kier molecular flexibility index (Phi) is 21.9. The van der Waals surface area contributed by atoms with Crippen LogP contribution in [0.2, 0.25) is 0 Å². The van der Waals surface area contributed by atoms with Crippen LogP contribution in [0.3, 0.4) is 0 Å². The average Bonchev–Trinajstić information content (AvgIpc) is 4.14. The van der Waals surface area contributed by atoms with Crippen molar-refractivity contribution in [1.29, 1.82) is 0 Å². The van der Waals surface area contributed by atoms with Crippen LogP contribution in [-0.4, -0.2) is 173 Å². The number of unbranched alkanes of at least 4 members (excludes halogenated alkanes) is 5. The topological polar surface area (TPSA) is 289 Å². The van der Waals surface area contributed by atoms with Crippen LogP contribution in [-0.2, 0) is 41.8 Å². The van der Waals surface area contributed by atoms with Gasteiger partial charge in [0.15, 0.2) is 0 Å². The Morgan fingerprint density at radius 1 is 0.671 bits per heavy atom. The van der Waals surface area contributed by atoms with Crippen LogP contribution >= 0.6 is 0 Å². The van der Waals surface area contributed by atoms with Gasteiger partial charge in [-0.15, -0.1) is 0 Å². The van der Waals surface area contributed by atoms with Gasteiger partial charge >= 0.3 is 0 Å². The van der Waals surface area contributed by atoms with Crippen LogP contribution < -0.4 is 46.9 Å². The molecular formula is C58H82N10O11. The molecule has 430 valence electrons. The summed E-state index contributed by atoms with van der Waals surface area (Å²) < 4.78 is 5.99. The monoisotopic (exact) mass is 1090 g/mol. The van der Waals surface area contributed by atoms with Crippen molar-refractivity contribution in [2.75, 3.05) is 62.2 Å². The van der Waals surface area contributed by atoms with E-state index in [1.54, 1.807) is 36.4 Å². The average molecular weight is 1100 g/mol. The number of ether oxygens (including phenoxy) is 1. The van der Waals surface area contributed by atoms with Gasteiger partial charge in [0, 0.05) is 75.2 Å². The van der Waals surface area contributed by atoms with E-state index in [9.17, 15) is 48.9 Å². The van der Waals surface area contributed by atoms with Gasteiger partial charge < -0.3 is 72.0 Å². The molecule has 4 fully saturated rings. The van der Waals surface area contributed by atoms with Gasteiger partial charge in [-0.1, -0.05) is 63.3 Å². The number of aliphatic hydroxyl groups is 3. The molecule has 0 saturated carbocycles. The molecule has 3 aromatic rings. The fraction of sp³-hybridized carbons (Fsp3) is 0.569. The molecule has 79 heavy (non-hydrogen) atoms. The van der Waals surface area contributed by atoms with Crippen LogP contribution in [0.5, 0.6) is 5.75 Å². The largest absolute Gasteiger partial charge is 0.494 e. The summed E-state index contributed by atoms with van der Waals surface area (Å²) in [6.45, 7) is 8.43. The second kappa shape index (κ2) is 28.9. The van der Waals surface area contributed by atoms with Crippen LogP contribution in [0.4, 0.5) is 11.4 Å². The number of fused-ring (bicyclic) bond motifs is 2. The third-order valence-electron chi connectivity index (χ3n) is 15.5. The molecule has 0 spiro atoms. The molecule has 7 unspecified atom stereocenters. The number of amides is 7. The zero-order valence-corrected chi connectivity index (χ0v) is 45.9. The van der Waals surface area contributed by atoms with Gasteiger partial charge in [-0.2, -0.15) is 0 Å². The van der Waals surface area contributed by atoms with Gasteiger partial charge in [0.2, 0.25) is 35.4 Å². The Morgan fingerprint density at radius 2 is 1.25 bits per heavy atom. The van der Waals surface area contributed by atoms with Crippen LogP contribution in [0, 0.1) is 0 Å². The number of aliphatic hydroxyl groups excluding tert-OH is 3. The number of rotatable bonds is 17. The van der Waals surface area contributed by atoms with E-state index in [1.165, 1.54) is 55.8 Å². The SMILES string of the molecule is CCCCCCCCOc1ccc(N2CCN(c3ccc(C(=O)N[C@H]4CCCNC(=O)C5C[C@H](N)CN5C(=O)C(C(C)O)NC(=O)C(Cc5ccc(CO)cc5)NC(=O)C5CCCN5C(=O)C(C(C)O)NC4=O)cc3)CC2)cc1. The number of carbonyl (C=O) groups excluding carboxylic acids is 7. The molecule has 0 radical (unpaired) electrons. The van der Waals surface area contributed by atoms with Crippen molar-refractivity contribution in [3.05, 3.63) is 89.5 Å². The number of piperazine rings is 1. The van der Waals surface area contributed by atoms with Crippen LogP contribution in [0.1, 0.15) is 113 Å². The highest BCUT2D eigenvalue weighted by Crippen LogP contribution is 2.26. The van der Waals surface area contributed by atoms with Crippen molar-refractivity contribution >= 4 is 52.7 Å². The molecule has 3 aromatic carbocycles. The zero-order chi connectivity index (χ0) is 56.6. The number of nitrogens with one attached hydrogen (secondary N) is 5. The fourth-order valence-electron chi connectivity index (χ4n) is 10.8. The van der Waals surface area contributed by atoms with Crippen molar-refractivity contribution < 1.29 is 53.6 Å². The minimum Gasteiger partial charge on any atom is -0.494 e. The van der Waals surface area contributed by atoms with Gasteiger partial charge in [-0.25, -0.2) is 0 Å². The van der Waals surface area contributed by atoms with E-state index in [-0.39, 0.29) is 63.9 Å². The van der Waals surface area contributed by atoms with Gasteiger partial charge in [0.05, 0.1) is 25.4 Å². The van der Waals surface area contributed by atoms with Gasteiger partial charge in [-0.3, -0.25) is 33.6 Å². The zero-order valence-electron chi connectivity index (χ0n) is 45.9. The summed E-state index contributed by atoms with van der Waals surface area (Å²) in [6.07, 6.45) is 5.00. The van der Waals surface area contributed by atoms with Crippen molar-refractivity contribution in [3.63, 3.8) is 0 Å². The molecule has 9 atom stereocenters. The van der Waals surface area contributed by atoms with E-state index in [1.807, 2.05) is 24.3 Å². The van der Waals surface area contributed by atoms with Gasteiger partial charge in [-0.05, 0) is 112 Å². The van der Waals surface area contributed by atoms with Gasteiger partial charge in [0.1, 0.15) is 42.0 Å². The predicted octanol–water partition coefficient (Wildman–Crippen LogP) is 1.63. The molecule has 7 amide bonds. The molecule has 4 saturated heterocycles. The lowest BCUT2D eigenvalue weighted by Crippen LogP contribution is -2.62. The van der Waals surface area contributed by atoms with Crippen molar-refractivity contribution in [2.24, 2.45) is 5.73 Å². The second-order valence-corrected chi connectivity index (χ2v) is 21.5. The first-order valence-corrected chi connectivity index (χ1v) is 28.3. The quantitative estimate of drug-likeness (QED) is 0.0870. The lowest BCUT2D eigenvalue weighted by molar-refractivity contribution is -0.145. The number of carbonyl (C=O) groups is 7. The number of nitrogens with two attached hydrogens (primary N) is 1. The summed E-state index contributed by atoms with van der Waals surface area (Å²) in [4.78, 5) is 106. The predicted molar refractivity (Wildman–Crippen MR) is 298 cm³/mol. The smallest absolute Gasteiger partial charge is 0.251 e. The Hall–Kier alpha value is -6.81. The standard InChI is InChI=1S/C58H82N10O11/c1-4-5-6-7-8-9-32-79-45-24-22-44(23-25-45)66-30-28-65(29-31-66)43-20-18-41(19-21-43)52(72)61-46-12-10-26-60-55(75)49-34-42(59)35-68(49)58(78)51(38(3)71)64-54(74)47(33-39-14-16-40(36-69)17-15-39)62-56(76)48-13-11-27-67(48)57(77)50(37(2)70)63-53(46)73/h14-25,37-38,42,46-51,69-71H,4-13,26-36,59H2,1-3H3,(H,60,75)(H,61,72)(H,62,76)(H,63,73)(H,64,74)/t37?,38?,42-,46-,47?,48?,49?,50?,51?/m0/s1. The van der Waals surface area contributed by atoms with Crippen molar-refractivity contribution in [2.45, 2.75) is 159 Å². The number of nitrogens with zero attached hydrogens (tertiary/aromatic N) is 4. The highest BCUT2D eigenvalue weighted by Gasteiger charge is 2.44. The van der Waals surface area contributed by atoms with E-state index < -0.39 is 95.9 Å². The molecule has 21 heteroatoms. The van der Waals surface area contributed by atoms with Crippen molar-refractivity contribution in [1.82, 2.24) is 36.4 Å². The first-order valence-electron chi connectivity index (χ1n) is 28.3. The van der Waals surface area contributed by atoms with Crippen LogP contribution in [0.25, 0.3) is 0 Å². The Balaban J connectivity index is 1.05. The molecule has 4 heterocycles. The summed E-state index contributed by atoms with van der Waals surface area (Å²) >= 11 is 0. The lowest BCUT2D eigenvalue weighted by atomic mass is 10.0. The molecule has 21 nitrogen and oxygen atoms in total. The molecule has 10 N–H and O–H groups in total. The summed E-state index contributed by atoms with van der Waals surface area (Å²) in [5.41, 5.74) is 9.80. The van der Waals surface area contributed by atoms with E-state index in [4.69, 9.17) is 10.5 Å². The maximum absolute atomic E-state index is 14.4. The fourth-order valence-corrected chi connectivity index (χ4v) is 10.8. The molecule has 7 rings (SSSR count). The Bertz CT molecular complexity index is 2520. The molecule has 0 aliphatic carbocycles. The molecule has 4 aliphatic heterocycles. The number of anilines is 2. The summed E-state index contributed by atoms with van der Waals surface area (Å²) in [7, 11) is 0. The second-order valence-electron chi connectivity index (χ2n) is 21.5. The Labute approximate surface area is 463 Å². The maximum Gasteiger partial charge on any atom is 0.251 e. The first kappa shape index (κ1) is 59.8. The summed E-state index contributed by atoms with van der Waals surface area (Å²) in [5.74, 6) is -4.15. The Morgan fingerprint density at radius 3 is 1.87 bits per heavy atom. The number of hydrogen-bond donors (Lipinski definition) is 9. The molecular weight excluding hydrogens is 1010 g/mol. The van der Waals surface area contributed by atoms with Crippen LogP contribution in [0.15, 0.2) is 72.8 Å². The maximum atomic E-state index is 14.4. The number of hydrogen-bond acceptors (Lipinski definition) is 14.